The van der Waals surface area contributed by atoms with Gasteiger partial charge >= 0.3 is 0 Å². The van der Waals surface area contributed by atoms with Crippen molar-refractivity contribution in [3.8, 4) is 5.75 Å². The van der Waals surface area contributed by atoms with Crippen LogP contribution in [0, 0.1) is 6.92 Å². The third kappa shape index (κ3) is 3.47. The minimum atomic E-state index is 0.205. The SMILES string of the molecule is CCC(CC)(CC)NCc1cc(C)ccc1O. The first kappa shape index (κ1) is 14.0. The first-order chi connectivity index (χ1) is 8.06. The van der Waals surface area contributed by atoms with E-state index in [1.165, 1.54) is 5.56 Å². The molecule has 0 aliphatic rings. The summed E-state index contributed by atoms with van der Waals surface area (Å²) in [6.45, 7) is 9.45. The number of hydrogen-bond donors (Lipinski definition) is 2. The topological polar surface area (TPSA) is 32.3 Å². The molecule has 0 unspecified atom stereocenters. The zero-order valence-corrected chi connectivity index (χ0v) is 11.5. The molecule has 2 N–H and O–H groups in total. The normalized spacial score (nSPS) is 11.8. The number of benzene rings is 1. The fraction of sp³-hybridized carbons (Fsp3) is 0.600. The molecule has 0 amide bonds. The van der Waals surface area contributed by atoms with Crippen molar-refractivity contribution in [2.45, 2.75) is 59.0 Å². The molecule has 0 heterocycles. The number of rotatable bonds is 6. The fourth-order valence-electron chi connectivity index (χ4n) is 2.26. The van der Waals surface area contributed by atoms with E-state index in [2.05, 4.69) is 33.0 Å². The fourth-order valence-corrected chi connectivity index (χ4v) is 2.26. The van der Waals surface area contributed by atoms with Crippen molar-refractivity contribution in [2.75, 3.05) is 0 Å². The van der Waals surface area contributed by atoms with Crippen LogP contribution in [0.25, 0.3) is 0 Å². The number of hydrogen-bond acceptors (Lipinski definition) is 2. The number of aromatic hydroxyl groups is 1. The van der Waals surface area contributed by atoms with Crippen LogP contribution < -0.4 is 5.32 Å². The lowest BCUT2D eigenvalue weighted by molar-refractivity contribution is 0.286. The van der Waals surface area contributed by atoms with Gasteiger partial charge < -0.3 is 10.4 Å². The van der Waals surface area contributed by atoms with Crippen LogP contribution in [0.1, 0.15) is 51.2 Å². The van der Waals surface area contributed by atoms with Gasteiger partial charge in [-0.25, -0.2) is 0 Å². The molecular formula is C15H25NO. The monoisotopic (exact) mass is 235 g/mol. The lowest BCUT2D eigenvalue weighted by Crippen LogP contribution is -2.43. The second-order valence-electron chi connectivity index (χ2n) is 4.83. The van der Waals surface area contributed by atoms with Gasteiger partial charge in [0.05, 0.1) is 0 Å². The standard InChI is InChI=1S/C15H25NO/c1-5-15(6-2,7-3)16-11-13-10-12(4)8-9-14(13)17/h8-10,16-17H,5-7,11H2,1-4H3. The van der Waals surface area contributed by atoms with Crippen molar-refractivity contribution in [1.82, 2.24) is 5.32 Å². The van der Waals surface area contributed by atoms with Gasteiger partial charge in [0.15, 0.2) is 0 Å². The quantitative estimate of drug-likeness (QED) is 0.787. The Morgan fingerprint density at radius 3 is 2.24 bits per heavy atom. The molecule has 0 atom stereocenters. The van der Waals surface area contributed by atoms with Crippen molar-refractivity contribution < 1.29 is 5.11 Å². The molecule has 0 aliphatic heterocycles. The van der Waals surface area contributed by atoms with Crippen molar-refractivity contribution >= 4 is 0 Å². The highest BCUT2D eigenvalue weighted by Gasteiger charge is 2.22. The molecule has 0 aliphatic carbocycles. The summed E-state index contributed by atoms with van der Waals surface area (Å²) in [6.07, 6.45) is 3.35. The van der Waals surface area contributed by atoms with Gasteiger partial charge in [-0.1, -0.05) is 38.5 Å². The third-order valence-electron chi connectivity index (χ3n) is 3.92. The average molecular weight is 235 g/mol. The Morgan fingerprint density at radius 2 is 1.71 bits per heavy atom. The number of phenolic OH excluding ortho intramolecular Hbond substituents is 1. The van der Waals surface area contributed by atoms with Crippen LogP contribution in [0.5, 0.6) is 5.75 Å². The van der Waals surface area contributed by atoms with Gasteiger partial charge in [-0.15, -0.1) is 0 Å². The number of aryl methyl sites for hydroxylation is 1. The minimum Gasteiger partial charge on any atom is -0.508 e. The van der Waals surface area contributed by atoms with Gasteiger partial charge in [-0.2, -0.15) is 0 Å². The largest absolute Gasteiger partial charge is 0.508 e. The molecule has 1 aromatic rings. The molecule has 1 aromatic carbocycles. The lowest BCUT2D eigenvalue weighted by atomic mass is 9.89. The molecule has 0 saturated carbocycles. The Kier molecular flexibility index (Phi) is 5.01. The van der Waals surface area contributed by atoms with E-state index >= 15 is 0 Å². The van der Waals surface area contributed by atoms with Crippen molar-refractivity contribution in [3.63, 3.8) is 0 Å². The zero-order valence-electron chi connectivity index (χ0n) is 11.5. The van der Waals surface area contributed by atoms with E-state index < -0.39 is 0 Å². The maximum Gasteiger partial charge on any atom is 0.120 e. The Morgan fingerprint density at radius 1 is 1.12 bits per heavy atom. The molecule has 1 rings (SSSR count). The van der Waals surface area contributed by atoms with Gasteiger partial charge in [0.25, 0.3) is 0 Å². The van der Waals surface area contributed by atoms with Crippen LogP contribution in [0.15, 0.2) is 18.2 Å². The second-order valence-corrected chi connectivity index (χ2v) is 4.83. The third-order valence-corrected chi connectivity index (χ3v) is 3.92. The number of nitrogens with one attached hydrogen (secondary N) is 1. The van der Waals surface area contributed by atoms with Crippen LogP contribution in [-0.2, 0) is 6.54 Å². The zero-order chi connectivity index (χ0) is 12.9. The van der Waals surface area contributed by atoms with Crippen molar-refractivity contribution in [3.05, 3.63) is 29.3 Å². The Balaban J connectivity index is 2.75. The first-order valence-corrected chi connectivity index (χ1v) is 6.60. The molecule has 2 heteroatoms. The van der Waals surface area contributed by atoms with Gasteiger partial charge in [-0.05, 0) is 32.3 Å². The summed E-state index contributed by atoms with van der Waals surface area (Å²) in [4.78, 5) is 0. The molecule has 0 bridgehead atoms. The van der Waals surface area contributed by atoms with E-state index in [0.29, 0.717) is 5.75 Å². The second kappa shape index (κ2) is 6.06. The Bertz CT molecular complexity index is 348. The van der Waals surface area contributed by atoms with Gasteiger partial charge in [-0.3, -0.25) is 0 Å². The summed E-state index contributed by atoms with van der Waals surface area (Å²) in [7, 11) is 0. The molecule has 96 valence electrons. The Hall–Kier alpha value is -1.02. The molecular weight excluding hydrogens is 210 g/mol. The van der Waals surface area contributed by atoms with Crippen LogP contribution in [-0.4, -0.2) is 10.6 Å². The van der Waals surface area contributed by atoms with E-state index in [1.54, 1.807) is 6.07 Å². The van der Waals surface area contributed by atoms with E-state index in [1.807, 2.05) is 12.1 Å². The molecule has 0 fully saturated rings. The predicted molar refractivity (Wildman–Crippen MR) is 73.3 cm³/mol. The summed E-state index contributed by atoms with van der Waals surface area (Å²) in [5.41, 5.74) is 2.38. The minimum absolute atomic E-state index is 0.205. The van der Waals surface area contributed by atoms with Crippen LogP contribution >= 0.6 is 0 Å². The first-order valence-electron chi connectivity index (χ1n) is 6.60. The van der Waals surface area contributed by atoms with Crippen molar-refractivity contribution in [2.24, 2.45) is 0 Å². The van der Waals surface area contributed by atoms with Crippen LogP contribution in [0.2, 0.25) is 0 Å². The van der Waals surface area contributed by atoms with Gasteiger partial charge in [0.1, 0.15) is 5.75 Å². The molecule has 17 heavy (non-hydrogen) atoms. The molecule has 0 radical (unpaired) electrons. The van der Waals surface area contributed by atoms with Gasteiger partial charge in [0, 0.05) is 17.6 Å². The lowest BCUT2D eigenvalue weighted by Gasteiger charge is -2.32. The molecule has 0 aromatic heterocycles. The van der Waals surface area contributed by atoms with Crippen LogP contribution in [0.4, 0.5) is 0 Å². The predicted octanol–water partition coefficient (Wildman–Crippen LogP) is 3.76. The molecule has 0 saturated heterocycles. The van der Waals surface area contributed by atoms with Crippen molar-refractivity contribution in [1.29, 1.82) is 0 Å². The highest BCUT2D eigenvalue weighted by atomic mass is 16.3. The summed E-state index contributed by atoms with van der Waals surface area (Å²) in [5.74, 6) is 0.389. The maximum atomic E-state index is 9.81. The average Bonchev–Trinajstić information content (AvgIpc) is 2.35. The van der Waals surface area contributed by atoms with E-state index in [4.69, 9.17) is 0 Å². The smallest absolute Gasteiger partial charge is 0.120 e. The highest BCUT2D eigenvalue weighted by molar-refractivity contribution is 5.35. The van der Waals surface area contributed by atoms with E-state index in [-0.39, 0.29) is 5.54 Å². The summed E-state index contributed by atoms with van der Waals surface area (Å²) >= 11 is 0. The molecule has 0 spiro atoms. The van der Waals surface area contributed by atoms with E-state index in [0.717, 1.165) is 31.4 Å². The number of phenols is 1. The summed E-state index contributed by atoms with van der Waals surface area (Å²) in [5, 5.41) is 13.4. The molecule has 2 nitrogen and oxygen atoms in total. The van der Waals surface area contributed by atoms with Gasteiger partial charge in [0.2, 0.25) is 0 Å². The Labute approximate surface area is 105 Å². The summed E-state index contributed by atoms with van der Waals surface area (Å²) < 4.78 is 0. The van der Waals surface area contributed by atoms with E-state index in [9.17, 15) is 5.11 Å². The summed E-state index contributed by atoms with van der Waals surface area (Å²) in [6, 6.07) is 5.76. The highest BCUT2D eigenvalue weighted by Crippen LogP contribution is 2.23. The van der Waals surface area contributed by atoms with Crippen LogP contribution in [0.3, 0.4) is 0 Å². The maximum absolute atomic E-state index is 9.81.